The number of nitrogens with zero attached hydrogens (tertiary/aromatic N) is 1. The van der Waals surface area contributed by atoms with Crippen LogP contribution in [-0.4, -0.2) is 47.5 Å². The summed E-state index contributed by atoms with van der Waals surface area (Å²) >= 11 is 0. The van der Waals surface area contributed by atoms with Gasteiger partial charge in [-0.3, -0.25) is 14.4 Å². The maximum atomic E-state index is 12.7. The summed E-state index contributed by atoms with van der Waals surface area (Å²) in [5.41, 5.74) is -0.180. The third kappa shape index (κ3) is 4.53. The minimum atomic E-state index is -0.914. The molecule has 0 saturated carbocycles. The predicted octanol–water partition coefficient (Wildman–Crippen LogP) is 1.98. The van der Waals surface area contributed by atoms with Crippen molar-refractivity contribution < 1.29 is 24.2 Å². The van der Waals surface area contributed by atoms with Gasteiger partial charge in [0.1, 0.15) is 5.75 Å². The number of carboxylic acids is 1. The van der Waals surface area contributed by atoms with Gasteiger partial charge >= 0.3 is 5.97 Å². The first-order valence-electron chi connectivity index (χ1n) is 8.77. The van der Waals surface area contributed by atoms with Gasteiger partial charge in [-0.05, 0) is 26.3 Å². The number of ether oxygens (including phenoxy) is 1. The van der Waals surface area contributed by atoms with Crippen LogP contribution in [0.5, 0.6) is 5.75 Å². The topological polar surface area (TPSA) is 95.9 Å². The number of para-hydroxylation sites is 1. The number of carbonyl (C=O) groups excluding carboxylic acids is 2. The van der Waals surface area contributed by atoms with E-state index in [4.69, 9.17) is 4.74 Å². The second-order valence-electron chi connectivity index (χ2n) is 6.86. The van der Waals surface area contributed by atoms with Gasteiger partial charge in [-0.25, -0.2) is 0 Å². The van der Waals surface area contributed by atoms with E-state index in [0.717, 1.165) is 5.56 Å². The zero-order chi connectivity index (χ0) is 19.3. The van der Waals surface area contributed by atoms with Crippen molar-refractivity contribution in [2.45, 2.75) is 39.7 Å². The lowest BCUT2D eigenvalue weighted by Crippen LogP contribution is -2.37. The van der Waals surface area contributed by atoms with Gasteiger partial charge < -0.3 is 20.1 Å². The molecule has 0 unspecified atom stereocenters. The number of carbonyl (C=O) groups is 3. The molecule has 7 heteroatoms. The molecule has 2 rings (SSSR count). The molecule has 0 radical (unpaired) electrons. The van der Waals surface area contributed by atoms with E-state index in [1.54, 1.807) is 17.9 Å². The molecular weight excluding hydrogens is 336 g/mol. The van der Waals surface area contributed by atoms with Crippen molar-refractivity contribution in [3.63, 3.8) is 0 Å². The molecule has 26 heavy (non-hydrogen) atoms. The first-order chi connectivity index (χ1) is 12.3. The fourth-order valence-electron chi connectivity index (χ4n) is 3.19. The Morgan fingerprint density at radius 2 is 2.04 bits per heavy atom. The van der Waals surface area contributed by atoms with Crippen molar-refractivity contribution >= 4 is 17.8 Å². The Morgan fingerprint density at radius 1 is 1.35 bits per heavy atom. The summed E-state index contributed by atoms with van der Waals surface area (Å²) in [7, 11) is 0. The van der Waals surface area contributed by atoms with E-state index in [-0.39, 0.29) is 24.8 Å². The molecule has 0 aromatic heterocycles. The molecule has 2 atom stereocenters. The van der Waals surface area contributed by atoms with Crippen LogP contribution in [0.1, 0.15) is 45.2 Å². The Hall–Kier alpha value is -2.57. The van der Waals surface area contributed by atoms with Crippen molar-refractivity contribution in [2.24, 2.45) is 5.41 Å². The normalized spacial score (nSPS) is 20.5. The number of hydrogen-bond donors (Lipinski definition) is 2. The highest BCUT2D eigenvalue weighted by molar-refractivity contribution is 5.82. The molecule has 1 aromatic rings. The number of nitrogens with one attached hydrogen (secondary N) is 1. The summed E-state index contributed by atoms with van der Waals surface area (Å²) in [5.74, 6) is -0.697. The van der Waals surface area contributed by atoms with Crippen LogP contribution in [0, 0.1) is 5.41 Å². The Kier molecular flexibility index (Phi) is 6.23. The van der Waals surface area contributed by atoms with Crippen molar-refractivity contribution in [1.82, 2.24) is 10.2 Å². The number of carboxylic acid groups (broad SMARTS) is 1. The summed E-state index contributed by atoms with van der Waals surface area (Å²) in [6.07, 6.45) is 0.480. The molecule has 1 aliphatic rings. The number of likely N-dealkylation sites (tertiary alicyclic amines) is 1. The summed E-state index contributed by atoms with van der Waals surface area (Å²) in [4.78, 5) is 37.3. The van der Waals surface area contributed by atoms with Gasteiger partial charge in [-0.1, -0.05) is 18.2 Å². The monoisotopic (exact) mass is 362 g/mol. The molecule has 7 nitrogen and oxygen atoms in total. The van der Waals surface area contributed by atoms with Crippen molar-refractivity contribution in [3.05, 3.63) is 29.8 Å². The van der Waals surface area contributed by atoms with Crippen LogP contribution in [0.25, 0.3) is 0 Å². The fourth-order valence-corrected chi connectivity index (χ4v) is 3.19. The van der Waals surface area contributed by atoms with E-state index in [1.807, 2.05) is 25.1 Å². The van der Waals surface area contributed by atoms with E-state index in [0.29, 0.717) is 25.3 Å². The second-order valence-corrected chi connectivity index (χ2v) is 6.86. The first-order valence-corrected chi connectivity index (χ1v) is 8.77. The van der Waals surface area contributed by atoms with Gasteiger partial charge in [0.05, 0.1) is 24.5 Å². The average molecular weight is 362 g/mol. The Balaban J connectivity index is 2.17. The molecule has 2 amide bonds. The standard InChI is InChI=1S/C19H26N2O5/c1-4-26-16-8-6-5-7-14(16)15(20-13(2)22)11-17(23)21-10-9-19(3,12-21)18(24)25/h5-8,15H,4,9-12H2,1-3H3,(H,20,22)(H,24,25)/t15-,19+/m1/s1. The average Bonchev–Trinajstić information content (AvgIpc) is 2.99. The largest absolute Gasteiger partial charge is 0.494 e. The van der Waals surface area contributed by atoms with E-state index < -0.39 is 17.4 Å². The van der Waals surface area contributed by atoms with Gasteiger partial charge in [-0.15, -0.1) is 0 Å². The molecule has 1 aliphatic heterocycles. The molecule has 1 saturated heterocycles. The molecule has 1 fully saturated rings. The highest BCUT2D eigenvalue weighted by Crippen LogP contribution is 2.32. The maximum absolute atomic E-state index is 12.7. The predicted molar refractivity (Wildman–Crippen MR) is 95.7 cm³/mol. The van der Waals surface area contributed by atoms with Crippen LogP contribution in [0.15, 0.2) is 24.3 Å². The van der Waals surface area contributed by atoms with Gasteiger partial charge in [0.2, 0.25) is 11.8 Å². The molecule has 1 heterocycles. The quantitative estimate of drug-likeness (QED) is 0.773. The fraction of sp³-hybridized carbons (Fsp3) is 0.526. The number of rotatable bonds is 7. The van der Waals surface area contributed by atoms with E-state index >= 15 is 0 Å². The lowest BCUT2D eigenvalue weighted by atomic mass is 9.90. The number of hydrogen-bond acceptors (Lipinski definition) is 4. The molecule has 0 aliphatic carbocycles. The van der Waals surface area contributed by atoms with E-state index in [9.17, 15) is 19.5 Å². The molecular formula is C19H26N2O5. The lowest BCUT2D eigenvalue weighted by Gasteiger charge is -2.24. The maximum Gasteiger partial charge on any atom is 0.311 e. The van der Waals surface area contributed by atoms with Gasteiger partial charge in [-0.2, -0.15) is 0 Å². The molecule has 1 aromatic carbocycles. The third-order valence-corrected chi connectivity index (χ3v) is 4.69. The van der Waals surface area contributed by atoms with Gasteiger partial charge in [0.15, 0.2) is 0 Å². The summed E-state index contributed by atoms with van der Waals surface area (Å²) in [6.45, 7) is 5.98. The Morgan fingerprint density at radius 3 is 2.62 bits per heavy atom. The first kappa shape index (κ1) is 19.8. The third-order valence-electron chi connectivity index (χ3n) is 4.69. The molecule has 0 bridgehead atoms. The van der Waals surface area contributed by atoms with E-state index in [1.165, 1.54) is 6.92 Å². The minimum Gasteiger partial charge on any atom is -0.494 e. The zero-order valence-electron chi connectivity index (χ0n) is 15.4. The Labute approximate surface area is 153 Å². The van der Waals surface area contributed by atoms with Crippen LogP contribution in [0.3, 0.4) is 0 Å². The highest BCUT2D eigenvalue weighted by Gasteiger charge is 2.42. The molecule has 0 spiro atoms. The highest BCUT2D eigenvalue weighted by atomic mass is 16.5. The second kappa shape index (κ2) is 8.21. The van der Waals surface area contributed by atoms with E-state index in [2.05, 4.69) is 5.32 Å². The van der Waals surface area contributed by atoms with Crippen molar-refractivity contribution in [2.75, 3.05) is 19.7 Å². The summed E-state index contributed by atoms with van der Waals surface area (Å²) in [5, 5.41) is 12.1. The number of aliphatic carboxylic acids is 1. The summed E-state index contributed by atoms with van der Waals surface area (Å²) in [6, 6.07) is 6.76. The van der Waals surface area contributed by atoms with Crippen LogP contribution in [-0.2, 0) is 14.4 Å². The lowest BCUT2D eigenvalue weighted by molar-refractivity contribution is -0.147. The van der Waals surface area contributed by atoms with Crippen molar-refractivity contribution in [3.8, 4) is 5.75 Å². The van der Waals surface area contributed by atoms with Crippen LogP contribution in [0.2, 0.25) is 0 Å². The van der Waals surface area contributed by atoms with Crippen LogP contribution >= 0.6 is 0 Å². The SMILES string of the molecule is CCOc1ccccc1[C@@H](CC(=O)N1CC[C@](C)(C(=O)O)C1)NC(C)=O. The minimum absolute atomic E-state index is 0.0549. The van der Waals surface area contributed by atoms with Crippen LogP contribution in [0.4, 0.5) is 0 Å². The Bertz CT molecular complexity index is 690. The van der Waals surface area contributed by atoms with Crippen LogP contribution < -0.4 is 10.1 Å². The molecule has 2 N–H and O–H groups in total. The summed E-state index contributed by atoms with van der Waals surface area (Å²) < 4.78 is 5.62. The van der Waals surface area contributed by atoms with Crippen molar-refractivity contribution in [1.29, 1.82) is 0 Å². The van der Waals surface area contributed by atoms with Gasteiger partial charge in [0, 0.05) is 25.6 Å². The number of benzene rings is 1. The smallest absolute Gasteiger partial charge is 0.311 e. The number of amides is 2. The zero-order valence-corrected chi connectivity index (χ0v) is 15.4. The van der Waals surface area contributed by atoms with Gasteiger partial charge in [0.25, 0.3) is 0 Å². The molecule has 142 valence electrons.